The minimum Gasteiger partial charge on any atom is -0.463 e. The third-order valence-corrected chi connectivity index (χ3v) is 3.35. The van der Waals surface area contributed by atoms with Crippen molar-refractivity contribution < 1.29 is 9.21 Å². The van der Waals surface area contributed by atoms with Gasteiger partial charge in [-0.3, -0.25) is 4.79 Å². The zero-order chi connectivity index (χ0) is 13.1. The summed E-state index contributed by atoms with van der Waals surface area (Å²) in [6.45, 7) is 4.06. The van der Waals surface area contributed by atoms with E-state index in [0.717, 1.165) is 11.0 Å². The zero-order valence-corrected chi connectivity index (χ0v) is 11.2. The third-order valence-electron chi connectivity index (χ3n) is 3.01. The topological polar surface area (TPSA) is 42.2 Å². The van der Waals surface area contributed by atoms with E-state index in [1.165, 1.54) is 6.26 Å². The molecule has 0 aliphatic heterocycles. The average Bonchev–Trinajstić information content (AvgIpc) is 2.79. The maximum Gasteiger partial charge on any atom is 0.255 e. The molecule has 0 saturated heterocycles. The number of furan rings is 1. The second-order valence-corrected chi connectivity index (χ2v) is 4.93. The molecule has 96 valence electrons. The summed E-state index contributed by atoms with van der Waals surface area (Å²) in [4.78, 5) is 12.2. The minimum absolute atomic E-state index is 0.0344. The van der Waals surface area contributed by atoms with Crippen LogP contribution in [-0.2, 0) is 0 Å². The monoisotopic (exact) mass is 265 g/mol. The number of hydrogen-bond donors (Lipinski definition) is 1. The Morgan fingerprint density at radius 2 is 2.11 bits per heavy atom. The first-order chi connectivity index (χ1) is 8.63. The molecular formula is C14H16ClNO2. The van der Waals surface area contributed by atoms with Crippen molar-refractivity contribution >= 4 is 28.5 Å². The fraction of sp³-hybridized carbons (Fsp3) is 0.357. The number of hydrogen-bond acceptors (Lipinski definition) is 2. The molecule has 2 aromatic rings. The van der Waals surface area contributed by atoms with E-state index in [9.17, 15) is 4.79 Å². The zero-order valence-electron chi connectivity index (χ0n) is 10.4. The van der Waals surface area contributed by atoms with Gasteiger partial charge in [0.1, 0.15) is 11.8 Å². The molecule has 1 aromatic heterocycles. The van der Waals surface area contributed by atoms with Crippen LogP contribution in [0.1, 0.15) is 24.2 Å². The van der Waals surface area contributed by atoms with Crippen LogP contribution in [0.25, 0.3) is 11.0 Å². The number of amides is 1. The van der Waals surface area contributed by atoms with E-state index >= 15 is 0 Å². The van der Waals surface area contributed by atoms with Gasteiger partial charge >= 0.3 is 0 Å². The van der Waals surface area contributed by atoms with Gasteiger partial charge in [-0.05, 0) is 12.0 Å². The Bertz CT molecular complexity index is 547. The van der Waals surface area contributed by atoms with E-state index in [0.29, 0.717) is 17.4 Å². The second-order valence-electron chi connectivity index (χ2n) is 4.62. The highest BCUT2D eigenvalue weighted by Gasteiger charge is 2.19. The molecule has 0 aliphatic rings. The number of fused-ring (bicyclic) bond motifs is 1. The number of benzene rings is 1. The molecule has 0 radical (unpaired) electrons. The standard InChI is InChI=1S/C14H16ClNO2/c1-9(2)12(7-15)16-14(17)11-8-18-13-6-4-3-5-10(11)13/h3-6,8-9,12H,7H2,1-2H3,(H,16,17). The quantitative estimate of drug-likeness (QED) is 0.861. The lowest BCUT2D eigenvalue weighted by molar-refractivity contribution is 0.0932. The Hall–Kier alpha value is -1.48. The van der Waals surface area contributed by atoms with Gasteiger partial charge in [0.05, 0.1) is 5.56 Å². The molecule has 1 atom stereocenters. The molecule has 0 aliphatic carbocycles. The van der Waals surface area contributed by atoms with Crippen LogP contribution in [0.4, 0.5) is 0 Å². The highest BCUT2D eigenvalue weighted by molar-refractivity contribution is 6.18. The van der Waals surface area contributed by atoms with Crippen molar-refractivity contribution in [2.45, 2.75) is 19.9 Å². The SMILES string of the molecule is CC(C)C(CCl)NC(=O)c1coc2ccccc12. The lowest BCUT2D eigenvalue weighted by atomic mass is 10.1. The molecule has 1 N–H and O–H groups in total. The smallest absolute Gasteiger partial charge is 0.255 e. The van der Waals surface area contributed by atoms with Crippen LogP contribution >= 0.6 is 11.6 Å². The summed E-state index contributed by atoms with van der Waals surface area (Å²) in [6.07, 6.45) is 1.49. The summed E-state index contributed by atoms with van der Waals surface area (Å²) >= 11 is 5.85. The summed E-state index contributed by atoms with van der Waals surface area (Å²) < 4.78 is 5.35. The van der Waals surface area contributed by atoms with Crippen molar-refractivity contribution in [1.29, 1.82) is 0 Å². The lowest BCUT2D eigenvalue weighted by Crippen LogP contribution is -2.39. The maximum atomic E-state index is 12.2. The van der Waals surface area contributed by atoms with Gasteiger partial charge in [-0.15, -0.1) is 11.6 Å². The predicted molar refractivity (Wildman–Crippen MR) is 73.0 cm³/mol. The third kappa shape index (κ3) is 2.51. The number of para-hydroxylation sites is 1. The fourth-order valence-electron chi connectivity index (χ4n) is 1.78. The number of carbonyl (C=O) groups excluding carboxylic acids is 1. The Morgan fingerprint density at radius 3 is 2.78 bits per heavy atom. The molecular weight excluding hydrogens is 250 g/mol. The van der Waals surface area contributed by atoms with Crippen molar-refractivity contribution in [3.05, 3.63) is 36.1 Å². The van der Waals surface area contributed by atoms with Crippen LogP contribution in [-0.4, -0.2) is 17.8 Å². The molecule has 1 unspecified atom stereocenters. The molecule has 1 heterocycles. The summed E-state index contributed by atoms with van der Waals surface area (Å²) in [5.74, 6) is 0.558. The molecule has 3 nitrogen and oxygen atoms in total. The van der Waals surface area contributed by atoms with E-state index < -0.39 is 0 Å². The number of alkyl halides is 1. The Morgan fingerprint density at radius 1 is 1.39 bits per heavy atom. The van der Waals surface area contributed by atoms with Gasteiger partial charge < -0.3 is 9.73 Å². The van der Waals surface area contributed by atoms with Crippen molar-refractivity contribution in [3.63, 3.8) is 0 Å². The first-order valence-electron chi connectivity index (χ1n) is 5.96. The Balaban J connectivity index is 2.23. The van der Waals surface area contributed by atoms with Crippen LogP contribution in [0.5, 0.6) is 0 Å². The van der Waals surface area contributed by atoms with Crippen LogP contribution in [0.15, 0.2) is 34.9 Å². The molecule has 18 heavy (non-hydrogen) atoms. The van der Waals surface area contributed by atoms with Crippen molar-refractivity contribution in [3.8, 4) is 0 Å². The molecule has 0 bridgehead atoms. The van der Waals surface area contributed by atoms with Crippen LogP contribution in [0.2, 0.25) is 0 Å². The highest BCUT2D eigenvalue weighted by atomic mass is 35.5. The summed E-state index contributed by atoms with van der Waals surface area (Å²) in [5.41, 5.74) is 1.27. The van der Waals surface area contributed by atoms with Gasteiger partial charge in [0.2, 0.25) is 0 Å². The van der Waals surface area contributed by atoms with Crippen LogP contribution in [0.3, 0.4) is 0 Å². The normalized spacial score (nSPS) is 12.9. The van der Waals surface area contributed by atoms with Crippen molar-refractivity contribution in [2.24, 2.45) is 5.92 Å². The average molecular weight is 266 g/mol. The molecule has 1 amide bonds. The largest absolute Gasteiger partial charge is 0.463 e. The van der Waals surface area contributed by atoms with Crippen molar-refractivity contribution in [1.82, 2.24) is 5.32 Å². The maximum absolute atomic E-state index is 12.2. The second kappa shape index (κ2) is 5.44. The van der Waals surface area contributed by atoms with Gasteiger partial charge in [-0.25, -0.2) is 0 Å². The predicted octanol–water partition coefficient (Wildman–Crippen LogP) is 3.43. The molecule has 1 aromatic carbocycles. The van der Waals surface area contributed by atoms with E-state index in [1.807, 2.05) is 38.1 Å². The fourth-order valence-corrected chi connectivity index (χ4v) is 2.22. The van der Waals surface area contributed by atoms with E-state index in [2.05, 4.69) is 5.32 Å². The molecule has 0 saturated carbocycles. The number of nitrogens with one attached hydrogen (secondary N) is 1. The molecule has 0 fully saturated rings. The molecule has 4 heteroatoms. The van der Waals surface area contributed by atoms with Crippen molar-refractivity contribution in [2.75, 3.05) is 5.88 Å². The van der Waals surface area contributed by atoms with Crippen LogP contribution in [0, 0.1) is 5.92 Å². The summed E-state index contributed by atoms with van der Waals surface area (Å²) in [6, 6.07) is 7.44. The van der Waals surface area contributed by atoms with Gasteiger partial charge in [-0.1, -0.05) is 32.0 Å². The first kappa shape index (κ1) is 13.0. The minimum atomic E-state index is -0.140. The van der Waals surface area contributed by atoms with Crippen LogP contribution < -0.4 is 5.32 Å². The molecule has 0 spiro atoms. The highest BCUT2D eigenvalue weighted by Crippen LogP contribution is 2.20. The van der Waals surface area contributed by atoms with Gasteiger partial charge in [0, 0.05) is 17.3 Å². The molecule has 2 rings (SSSR count). The van der Waals surface area contributed by atoms with E-state index in [-0.39, 0.29) is 11.9 Å². The number of rotatable bonds is 4. The Labute approximate surface area is 111 Å². The van der Waals surface area contributed by atoms with E-state index in [4.69, 9.17) is 16.0 Å². The summed E-state index contributed by atoms with van der Waals surface area (Å²) in [5, 5.41) is 3.76. The van der Waals surface area contributed by atoms with Gasteiger partial charge in [0.25, 0.3) is 5.91 Å². The van der Waals surface area contributed by atoms with E-state index in [1.54, 1.807) is 0 Å². The lowest BCUT2D eigenvalue weighted by Gasteiger charge is -2.19. The number of carbonyl (C=O) groups is 1. The van der Waals surface area contributed by atoms with Gasteiger partial charge in [-0.2, -0.15) is 0 Å². The first-order valence-corrected chi connectivity index (χ1v) is 6.50. The number of halogens is 1. The Kier molecular flexibility index (Phi) is 3.92. The summed E-state index contributed by atoms with van der Waals surface area (Å²) in [7, 11) is 0. The van der Waals surface area contributed by atoms with Gasteiger partial charge in [0.15, 0.2) is 0 Å².